The van der Waals surface area contributed by atoms with E-state index in [-0.39, 0.29) is 59.7 Å². The van der Waals surface area contributed by atoms with Gasteiger partial charge in [0, 0.05) is 82.6 Å². The van der Waals surface area contributed by atoms with Crippen molar-refractivity contribution in [1.29, 1.82) is 0 Å². The summed E-state index contributed by atoms with van der Waals surface area (Å²) < 4.78 is 70.2. The number of hydrogen-bond donors (Lipinski definition) is 6. The van der Waals surface area contributed by atoms with E-state index in [0.29, 0.717) is 31.5 Å². The Morgan fingerprint density at radius 1 is 0.852 bits per heavy atom. The summed E-state index contributed by atoms with van der Waals surface area (Å²) >= 11 is 0. The van der Waals surface area contributed by atoms with Crippen molar-refractivity contribution in [3.8, 4) is 0 Å². The fourth-order valence-electron chi connectivity index (χ4n) is 8.02. The van der Waals surface area contributed by atoms with Crippen LogP contribution in [0.25, 0.3) is 0 Å². The first-order chi connectivity index (χ1) is 28.0. The molecule has 19 heteroatoms. The molecular weight excluding hydrogens is 842 g/mol. The molecule has 0 saturated heterocycles. The second kappa shape index (κ2) is 20.3. The molecule has 0 aromatic heterocycles. The van der Waals surface area contributed by atoms with Gasteiger partial charge in [-0.15, -0.1) is 0 Å². The Kier molecular flexibility index (Phi) is 16.9. The van der Waals surface area contributed by atoms with Crippen molar-refractivity contribution in [1.82, 2.24) is 5.32 Å². The van der Waals surface area contributed by atoms with Gasteiger partial charge in [-0.1, -0.05) is 19.9 Å². The Hall–Kier alpha value is -2.85. The van der Waals surface area contributed by atoms with Gasteiger partial charge >= 0.3 is 29.6 Å². The molecule has 0 radical (unpaired) electrons. The van der Waals surface area contributed by atoms with Crippen molar-refractivity contribution < 1.29 is 95.2 Å². The Morgan fingerprint density at radius 2 is 1.44 bits per heavy atom. The Morgan fingerprint density at radius 3 is 2.05 bits per heavy atom. The van der Waals surface area contributed by atoms with Crippen LogP contribution >= 0.6 is 0 Å². The zero-order valence-corrected chi connectivity index (χ0v) is 38.9. The molecule has 1 aliphatic carbocycles. The number of anilines is 1. The van der Waals surface area contributed by atoms with Crippen LogP contribution in [0.1, 0.15) is 98.1 Å². The molecule has 3 aliphatic rings. The number of carbonyl (C=O) groups is 2. The first-order valence-electron chi connectivity index (χ1n) is 20.1. The molecule has 6 N–H and O–H groups in total. The van der Waals surface area contributed by atoms with E-state index >= 15 is 0 Å². The molecule has 2 heterocycles. The fraction of sp³-hybridized carbons (Fsp3) is 0.548. The molecule has 2 aliphatic heterocycles. The monoisotopic (exact) mass is 897 g/mol. The minimum absolute atomic E-state index is 0. The van der Waals surface area contributed by atoms with Crippen molar-refractivity contribution in [3.05, 3.63) is 82.6 Å². The minimum Gasteiger partial charge on any atom is -0.748 e. The fourth-order valence-corrected chi connectivity index (χ4v) is 9.14. The van der Waals surface area contributed by atoms with Gasteiger partial charge in [0.05, 0.1) is 38.4 Å². The molecule has 5 rings (SSSR count). The maximum atomic E-state index is 13.3. The predicted octanol–water partition coefficient (Wildman–Crippen LogP) is -1.29. The minimum atomic E-state index is -4.43. The summed E-state index contributed by atoms with van der Waals surface area (Å²) in [7, 11) is -8.81. The first-order valence-corrected chi connectivity index (χ1v) is 23.3. The number of aliphatic hydroxyl groups is 5. The SMILES string of the molecule is CC1(C)C(/C=C/C=C2/N(CCCCS(=O)(=O)[O-])c3ccc(C(=O)C4CC4)cc3C2(C)C)=[N+](CCCCS(=O)(=O)[O-])c2ccc(C(=O)NCC(O)C(O)C(O)C(O)CO)cc21.[Na+]. The molecular formula is C42H56N3NaO13S2. The Balaban J connectivity index is 0.00000819. The van der Waals surface area contributed by atoms with Gasteiger partial charge in [0.1, 0.15) is 24.9 Å². The van der Waals surface area contributed by atoms with Crippen molar-refractivity contribution in [2.45, 2.75) is 101 Å². The van der Waals surface area contributed by atoms with Crippen molar-refractivity contribution >= 4 is 49.0 Å². The average molecular weight is 898 g/mol. The number of hydrogen-bond acceptors (Lipinski definition) is 14. The molecule has 0 spiro atoms. The normalized spacial score (nSPS) is 19.7. The number of nitrogens with one attached hydrogen (secondary N) is 1. The summed E-state index contributed by atoms with van der Waals surface area (Å²) in [6, 6.07) is 10.7. The van der Waals surface area contributed by atoms with Crippen molar-refractivity contribution in [3.63, 3.8) is 0 Å². The first kappa shape index (κ1) is 50.8. The second-order valence-corrected chi connectivity index (χ2v) is 19.9. The van der Waals surface area contributed by atoms with E-state index in [1.807, 2.05) is 68.7 Å². The number of allylic oxidation sites excluding steroid dienone is 4. The topological polar surface area (TPSA) is 268 Å². The third-order valence-electron chi connectivity index (χ3n) is 11.6. The molecule has 2 aromatic rings. The molecule has 0 bridgehead atoms. The third-order valence-corrected chi connectivity index (χ3v) is 13.2. The number of nitrogens with zero attached hydrogens (tertiary/aromatic N) is 2. The summed E-state index contributed by atoms with van der Waals surface area (Å²) in [6.07, 6.45) is 1.47. The molecule has 1 saturated carbocycles. The van der Waals surface area contributed by atoms with Crippen LogP contribution in [0.15, 0.2) is 60.3 Å². The van der Waals surface area contributed by atoms with E-state index in [0.717, 1.165) is 46.8 Å². The zero-order valence-electron chi connectivity index (χ0n) is 35.3. The van der Waals surface area contributed by atoms with Gasteiger partial charge in [-0.3, -0.25) is 9.59 Å². The molecule has 16 nitrogen and oxygen atoms in total. The Bertz CT molecular complexity index is 2270. The van der Waals surface area contributed by atoms with E-state index in [2.05, 4.69) is 10.2 Å². The van der Waals surface area contributed by atoms with Gasteiger partial charge in [0.25, 0.3) is 5.91 Å². The van der Waals surface area contributed by atoms with Crippen LogP contribution in [0, 0.1) is 5.92 Å². The number of benzene rings is 2. The molecule has 4 atom stereocenters. The standard InChI is InChI=1S/C42H57N3O13S2.Na/c1-41(2)29-22-27(37(49)26-12-13-26)14-16-31(29)44(18-5-7-20-59(53,54)55)35(41)10-9-11-36-42(3,4)30-23-28(15-17-32(30)45(36)19-6-8-21-60(56,57)58)40(52)43-24-33(47)38(50)39(51)34(48)25-46;/h9-11,14-17,22-23,26,33-34,38-39,46-48,50-51H,5-8,12-13,18-21,24-25H2,1-4H3,(H2-,43,52,53,54,55,56,57,58);/q;+1/p-1. The second-order valence-electron chi connectivity index (χ2n) is 16.9. The van der Waals surface area contributed by atoms with E-state index in [1.165, 1.54) is 0 Å². The molecule has 61 heavy (non-hydrogen) atoms. The molecule has 330 valence electrons. The molecule has 1 amide bonds. The number of aliphatic hydroxyl groups excluding tert-OH is 5. The predicted molar refractivity (Wildman–Crippen MR) is 221 cm³/mol. The van der Waals surface area contributed by atoms with Crippen molar-refractivity contribution in [2.75, 3.05) is 42.6 Å². The summed E-state index contributed by atoms with van der Waals surface area (Å²) in [4.78, 5) is 28.5. The third kappa shape index (κ3) is 12.2. The van der Waals surface area contributed by atoms with Crippen LogP contribution in [-0.4, -0.2) is 136 Å². The smallest absolute Gasteiger partial charge is 0.748 e. The molecule has 1 fully saturated rings. The van der Waals surface area contributed by atoms with Crippen LogP contribution in [0.5, 0.6) is 0 Å². The maximum absolute atomic E-state index is 13.3. The van der Waals surface area contributed by atoms with E-state index < -0.39 is 86.0 Å². The Labute approximate surface area is 379 Å². The number of amides is 1. The number of Topliss-reactive ketones (excluding diaryl/α,β-unsaturated/α-hetero) is 1. The number of unbranched alkanes of at least 4 members (excludes halogenated alkanes) is 2. The van der Waals surface area contributed by atoms with Crippen LogP contribution in [0.3, 0.4) is 0 Å². The molecule has 4 unspecified atom stereocenters. The van der Waals surface area contributed by atoms with Crippen LogP contribution in [0.2, 0.25) is 0 Å². The summed E-state index contributed by atoms with van der Waals surface area (Å²) in [5, 5.41) is 51.7. The van der Waals surface area contributed by atoms with Gasteiger partial charge in [0.15, 0.2) is 11.5 Å². The largest absolute Gasteiger partial charge is 1.00 e. The van der Waals surface area contributed by atoms with E-state index in [4.69, 9.17) is 5.11 Å². The summed E-state index contributed by atoms with van der Waals surface area (Å²) in [5.74, 6) is -1.47. The number of carbonyl (C=O) groups excluding carboxylic acids is 2. The van der Waals surface area contributed by atoms with Gasteiger partial charge in [-0.25, -0.2) is 16.8 Å². The van der Waals surface area contributed by atoms with Crippen LogP contribution in [0.4, 0.5) is 11.4 Å². The van der Waals surface area contributed by atoms with Crippen LogP contribution < -0.4 is 39.8 Å². The number of rotatable bonds is 21. The van der Waals surface area contributed by atoms with Crippen molar-refractivity contribution in [2.24, 2.45) is 5.92 Å². The summed E-state index contributed by atoms with van der Waals surface area (Å²) in [6.45, 7) is 7.43. The van der Waals surface area contributed by atoms with Crippen LogP contribution in [-0.2, 0) is 31.1 Å². The summed E-state index contributed by atoms with van der Waals surface area (Å²) in [5.41, 5.74) is 4.50. The van der Waals surface area contributed by atoms with E-state index in [9.17, 15) is 56.0 Å². The maximum Gasteiger partial charge on any atom is 1.00 e. The average Bonchev–Trinajstić information content (AvgIpc) is 3.98. The quantitative estimate of drug-likeness (QED) is 0.0280. The number of ketones is 1. The zero-order chi connectivity index (χ0) is 44.4. The van der Waals surface area contributed by atoms with Gasteiger partial charge in [-0.2, -0.15) is 4.58 Å². The molecule has 2 aromatic carbocycles. The van der Waals surface area contributed by atoms with Gasteiger partial charge in [0.2, 0.25) is 5.69 Å². The number of fused-ring (bicyclic) bond motifs is 2. The van der Waals surface area contributed by atoms with Gasteiger partial charge in [-0.05, 0) is 87.9 Å². The van der Waals surface area contributed by atoms with E-state index in [1.54, 1.807) is 18.2 Å². The van der Waals surface area contributed by atoms with Gasteiger partial charge < -0.3 is 44.9 Å².